The molecule has 0 aliphatic carbocycles. The van der Waals surface area contributed by atoms with Crippen LogP contribution in [-0.2, 0) is 4.79 Å². The molecule has 0 aliphatic heterocycles. The predicted molar refractivity (Wildman–Crippen MR) is 67.5 cm³/mol. The van der Waals surface area contributed by atoms with Gasteiger partial charge in [0.05, 0.1) is 0 Å². The fraction of sp³-hybridized carbons (Fsp3) is 0.0833. The van der Waals surface area contributed by atoms with Crippen LogP contribution in [0, 0.1) is 0 Å². The molecule has 1 amide bonds. The average molecular weight is 262 g/mol. The zero-order chi connectivity index (χ0) is 13.0. The van der Waals surface area contributed by atoms with Crippen LogP contribution in [-0.4, -0.2) is 28.5 Å². The standard InChI is InChI=1S/C12H10N2O3S/c15-10(16)6-13-11(17)9-7-18-12(14-9)8-4-2-1-3-5-8/h1-5,7H,6H2,(H,13,17)(H,15,16). The molecule has 92 valence electrons. The minimum Gasteiger partial charge on any atom is -0.480 e. The van der Waals surface area contributed by atoms with Gasteiger partial charge in [0.2, 0.25) is 0 Å². The zero-order valence-electron chi connectivity index (χ0n) is 9.29. The molecule has 0 radical (unpaired) electrons. The summed E-state index contributed by atoms with van der Waals surface area (Å²) in [5, 5.41) is 13.1. The molecule has 0 saturated carbocycles. The number of carboxylic acid groups (broad SMARTS) is 1. The minimum atomic E-state index is -1.08. The quantitative estimate of drug-likeness (QED) is 0.877. The highest BCUT2D eigenvalue weighted by atomic mass is 32.1. The van der Waals surface area contributed by atoms with Crippen LogP contribution in [0.2, 0.25) is 0 Å². The molecule has 1 aromatic carbocycles. The van der Waals surface area contributed by atoms with E-state index in [2.05, 4.69) is 10.3 Å². The number of carboxylic acids is 1. The number of carbonyl (C=O) groups excluding carboxylic acids is 1. The molecule has 2 N–H and O–H groups in total. The van der Waals surface area contributed by atoms with Gasteiger partial charge in [-0.3, -0.25) is 9.59 Å². The molecule has 6 heteroatoms. The smallest absolute Gasteiger partial charge is 0.322 e. The van der Waals surface area contributed by atoms with Crippen molar-refractivity contribution in [1.82, 2.24) is 10.3 Å². The summed E-state index contributed by atoms with van der Waals surface area (Å²) in [5.41, 5.74) is 1.17. The lowest BCUT2D eigenvalue weighted by Gasteiger charge is -1.98. The number of aliphatic carboxylic acids is 1. The predicted octanol–water partition coefficient (Wildman–Crippen LogP) is 1.62. The van der Waals surface area contributed by atoms with E-state index in [4.69, 9.17) is 5.11 Å². The molecular formula is C12H10N2O3S. The molecule has 5 nitrogen and oxygen atoms in total. The molecular weight excluding hydrogens is 252 g/mol. The molecule has 0 fully saturated rings. The summed E-state index contributed by atoms with van der Waals surface area (Å²) in [6.07, 6.45) is 0. The van der Waals surface area contributed by atoms with Gasteiger partial charge in [-0.05, 0) is 0 Å². The van der Waals surface area contributed by atoms with Crippen molar-refractivity contribution < 1.29 is 14.7 Å². The Morgan fingerprint density at radius 2 is 2.00 bits per heavy atom. The Morgan fingerprint density at radius 3 is 2.67 bits per heavy atom. The van der Waals surface area contributed by atoms with Crippen LogP contribution >= 0.6 is 11.3 Å². The topological polar surface area (TPSA) is 79.3 Å². The maximum absolute atomic E-state index is 11.6. The number of aromatic nitrogens is 1. The number of nitrogens with one attached hydrogen (secondary N) is 1. The third kappa shape index (κ3) is 2.92. The molecule has 0 saturated heterocycles. The lowest BCUT2D eigenvalue weighted by atomic mass is 10.2. The van der Waals surface area contributed by atoms with Crippen LogP contribution < -0.4 is 5.32 Å². The SMILES string of the molecule is O=C(O)CNC(=O)c1csc(-c2ccccc2)n1. The van der Waals surface area contributed by atoms with E-state index in [0.29, 0.717) is 0 Å². The van der Waals surface area contributed by atoms with Crippen molar-refractivity contribution in [3.63, 3.8) is 0 Å². The Hall–Kier alpha value is -2.21. The van der Waals surface area contributed by atoms with Gasteiger partial charge in [-0.15, -0.1) is 11.3 Å². The Labute approximate surface area is 107 Å². The lowest BCUT2D eigenvalue weighted by Crippen LogP contribution is -2.29. The molecule has 0 spiro atoms. The van der Waals surface area contributed by atoms with Crippen LogP contribution in [0.5, 0.6) is 0 Å². The van der Waals surface area contributed by atoms with Crippen molar-refractivity contribution in [1.29, 1.82) is 0 Å². The second kappa shape index (κ2) is 5.42. The number of rotatable bonds is 4. The molecule has 0 unspecified atom stereocenters. The van der Waals surface area contributed by atoms with E-state index in [0.717, 1.165) is 10.6 Å². The van der Waals surface area contributed by atoms with Gasteiger partial charge in [0, 0.05) is 10.9 Å². The second-order valence-corrected chi connectivity index (χ2v) is 4.34. The van der Waals surface area contributed by atoms with E-state index in [1.54, 1.807) is 5.38 Å². The zero-order valence-corrected chi connectivity index (χ0v) is 10.1. The Bertz CT molecular complexity index is 566. The number of hydrogen-bond donors (Lipinski definition) is 2. The Kier molecular flexibility index (Phi) is 3.69. The summed E-state index contributed by atoms with van der Waals surface area (Å²) in [7, 11) is 0. The lowest BCUT2D eigenvalue weighted by molar-refractivity contribution is -0.135. The molecule has 0 aliphatic rings. The average Bonchev–Trinajstić information content (AvgIpc) is 2.86. The van der Waals surface area contributed by atoms with E-state index in [-0.39, 0.29) is 5.69 Å². The summed E-state index contributed by atoms with van der Waals surface area (Å²) >= 11 is 1.35. The summed E-state index contributed by atoms with van der Waals surface area (Å²) in [6, 6.07) is 9.48. The van der Waals surface area contributed by atoms with Gasteiger partial charge in [0.25, 0.3) is 5.91 Å². The number of carbonyl (C=O) groups is 2. The maximum atomic E-state index is 11.6. The normalized spacial score (nSPS) is 10.0. The number of benzene rings is 1. The van der Waals surface area contributed by atoms with Gasteiger partial charge in [0.1, 0.15) is 17.2 Å². The summed E-state index contributed by atoms with van der Waals surface area (Å²) < 4.78 is 0. The highest BCUT2D eigenvalue weighted by Crippen LogP contribution is 2.22. The van der Waals surface area contributed by atoms with Crippen molar-refractivity contribution in [3.05, 3.63) is 41.4 Å². The minimum absolute atomic E-state index is 0.236. The van der Waals surface area contributed by atoms with Gasteiger partial charge in [-0.2, -0.15) is 0 Å². The first-order valence-corrected chi connectivity index (χ1v) is 6.06. The maximum Gasteiger partial charge on any atom is 0.322 e. The third-order valence-corrected chi connectivity index (χ3v) is 3.05. The molecule has 2 rings (SSSR count). The Balaban J connectivity index is 2.11. The molecule has 0 bridgehead atoms. The van der Waals surface area contributed by atoms with Crippen molar-refractivity contribution in [2.24, 2.45) is 0 Å². The van der Waals surface area contributed by atoms with Gasteiger partial charge < -0.3 is 10.4 Å². The van der Waals surface area contributed by atoms with Crippen molar-refractivity contribution >= 4 is 23.2 Å². The van der Waals surface area contributed by atoms with Crippen LogP contribution in [0.4, 0.5) is 0 Å². The second-order valence-electron chi connectivity index (χ2n) is 3.48. The molecule has 18 heavy (non-hydrogen) atoms. The van der Waals surface area contributed by atoms with Crippen molar-refractivity contribution in [2.45, 2.75) is 0 Å². The number of nitrogens with zero attached hydrogens (tertiary/aromatic N) is 1. The van der Waals surface area contributed by atoms with E-state index < -0.39 is 18.4 Å². The summed E-state index contributed by atoms with van der Waals surface area (Å²) in [5.74, 6) is -1.56. The first kappa shape index (κ1) is 12.3. The van der Waals surface area contributed by atoms with E-state index in [1.807, 2.05) is 30.3 Å². The number of hydrogen-bond acceptors (Lipinski definition) is 4. The van der Waals surface area contributed by atoms with Gasteiger partial charge in [-0.1, -0.05) is 30.3 Å². The summed E-state index contributed by atoms with van der Waals surface area (Å²) in [4.78, 5) is 26.1. The van der Waals surface area contributed by atoms with E-state index in [1.165, 1.54) is 11.3 Å². The van der Waals surface area contributed by atoms with Crippen LogP contribution in [0.15, 0.2) is 35.7 Å². The van der Waals surface area contributed by atoms with Crippen molar-refractivity contribution in [3.8, 4) is 10.6 Å². The first-order valence-electron chi connectivity index (χ1n) is 5.18. The molecule has 0 atom stereocenters. The van der Waals surface area contributed by atoms with E-state index in [9.17, 15) is 9.59 Å². The van der Waals surface area contributed by atoms with Gasteiger partial charge >= 0.3 is 5.97 Å². The van der Waals surface area contributed by atoms with Gasteiger partial charge in [0.15, 0.2) is 0 Å². The third-order valence-electron chi connectivity index (χ3n) is 2.16. The molecule has 1 heterocycles. The molecule has 1 aromatic heterocycles. The fourth-order valence-corrected chi connectivity index (χ4v) is 2.14. The van der Waals surface area contributed by atoms with Crippen molar-refractivity contribution in [2.75, 3.05) is 6.54 Å². The van der Waals surface area contributed by atoms with Crippen LogP contribution in [0.1, 0.15) is 10.5 Å². The van der Waals surface area contributed by atoms with Crippen LogP contribution in [0.25, 0.3) is 10.6 Å². The number of amides is 1. The monoisotopic (exact) mass is 262 g/mol. The Morgan fingerprint density at radius 1 is 1.28 bits per heavy atom. The molecule has 2 aromatic rings. The highest BCUT2D eigenvalue weighted by molar-refractivity contribution is 7.13. The fourth-order valence-electron chi connectivity index (χ4n) is 1.34. The largest absolute Gasteiger partial charge is 0.480 e. The van der Waals surface area contributed by atoms with Gasteiger partial charge in [-0.25, -0.2) is 4.98 Å². The number of thiazole rings is 1. The summed E-state index contributed by atoms with van der Waals surface area (Å²) in [6.45, 7) is -0.406. The van der Waals surface area contributed by atoms with Crippen LogP contribution in [0.3, 0.4) is 0 Å². The highest BCUT2D eigenvalue weighted by Gasteiger charge is 2.12. The first-order chi connectivity index (χ1) is 8.66. The van der Waals surface area contributed by atoms with E-state index >= 15 is 0 Å².